The number of hydrogen-bond acceptors (Lipinski definition) is 4. The third-order valence-corrected chi connectivity index (χ3v) is 8.07. The van der Waals surface area contributed by atoms with Gasteiger partial charge in [-0.15, -0.1) is 0 Å². The summed E-state index contributed by atoms with van der Waals surface area (Å²) in [5.41, 5.74) is 4.20. The van der Waals surface area contributed by atoms with E-state index in [9.17, 15) is 8.42 Å². The Morgan fingerprint density at radius 2 is 1.93 bits per heavy atom. The van der Waals surface area contributed by atoms with Crippen molar-refractivity contribution in [2.75, 3.05) is 32.1 Å². The van der Waals surface area contributed by atoms with Crippen molar-refractivity contribution in [3.63, 3.8) is 0 Å². The van der Waals surface area contributed by atoms with Crippen LogP contribution in [0.5, 0.6) is 5.75 Å². The monoisotopic (exact) mass is 399 g/mol. The summed E-state index contributed by atoms with van der Waals surface area (Å²) >= 11 is 0. The predicted octanol–water partition coefficient (Wildman–Crippen LogP) is 2.67. The van der Waals surface area contributed by atoms with Crippen molar-refractivity contribution in [3.05, 3.63) is 64.7 Å². The molecule has 1 unspecified atom stereocenters. The molecule has 5 rings (SSSR count). The van der Waals surface area contributed by atoms with Gasteiger partial charge in [-0.1, -0.05) is 36.4 Å². The lowest BCUT2D eigenvalue weighted by molar-refractivity contribution is -0.0933. The van der Waals surface area contributed by atoms with E-state index >= 15 is 0 Å². The van der Waals surface area contributed by atoms with Gasteiger partial charge in [0.2, 0.25) is 10.0 Å². The van der Waals surface area contributed by atoms with Gasteiger partial charge < -0.3 is 9.47 Å². The quantitative estimate of drug-likeness (QED) is 0.793. The molecule has 2 aromatic carbocycles. The molecule has 1 fully saturated rings. The van der Waals surface area contributed by atoms with Gasteiger partial charge in [0.05, 0.1) is 19.0 Å². The normalized spacial score (nSPS) is 24.1. The lowest BCUT2D eigenvalue weighted by atomic mass is 9.94. The fourth-order valence-corrected chi connectivity index (χ4v) is 6.24. The molecular weight excluding hydrogens is 374 g/mol. The Morgan fingerprint density at radius 1 is 1.04 bits per heavy atom. The molecule has 1 atom stereocenters. The van der Waals surface area contributed by atoms with E-state index < -0.39 is 15.6 Å². The van der Waals surface area contributed by atoms with Gasteiger partial charge in [-0.2, -0.15) is 4.31 Å². The minimum atomic E-state index is -3.34. The Balaban J connectivity index is 1.31. The van der Waals surface area contributed by atoms with E-state index in [1.54, 1.807) is 4.31 Å². The largest absolute Gasteiger partial charge is 0.493 e. The van der Waals surface area contributed by atoms with E-state index in [0.717, 1.165) is 36.1 Å². The number of nitrogens with zero attached hydrogens (tertiary/aromatic N) is 1. The van der Waals surface area contributed by atoms with Gasteiger partial charge in [-0.05, 0) is 47.6 Å². The summed E-state index contributed by atoms with van der Waals surface area (Å²) in [6.07, 6.45) is 3.22. The molecule has 1 spiro atoms. The number of hydrogen-bond donors (Lipinski definition) is 0. The van der Waals surface area contributed by atoms with Crippen molar-refractivity contribution in [3.8, 4) is 5.75 Å². The zero-order chi connectivity index (χ0) is 19.2. The highest BCUT2D eigenvalue weighted by atomic mass is 32.2. The Morgan fingerprint density at radius 3 is 2.86 bits per heavy atom. The van der Waals surface area contributed by atoms with Crippen LogP contribution in [-0.4, -0.2) is 44.8 Å². The molecular formula is C22H25NO4S. The van der Waals surface area contributed by atoms with Gasteiger partial charge in [-0.3, -0.25) is 0 Å². The molecule has 28 heavy (non-hydrogen) atoms. The van der Waals surface area contributed by atoms with E-state index in [1.807, 2.05) is 24.3 Å². The summed E-state index contributed by atoms with van der Waals surface area (Å²) in [6.45, 7) is 2.02. The van der Waals surface area contributed by atoms with Crippen LogP contribution in [0.1, 0.15) is 28.7 Å². The molecule has 0 bridgehead atoms. The summed E-state index contributed by atoms with van der Waals surface area (Å²) in [5, 5.41) is 0. The average molecular weight is 400 g/mol. The number of benzene rings is 2. The minimum Gasteiger partial charge on any atom is -0.493 e. The van der Waals surface area contributed by atoms with E-state index in [-0.39, 0.29) is 5.75 Å². The molecule has 0 saturated carbocycles. The molecule has 0 aromatic heterocycles. The van der Waals surface area contributed by atoms with Crippen molar-refractivity contribution >= 4 is 10.0 Å². The van der Waals surface area contributed by atoms with Gasteiger partial charge in [-0.25, -0.2) is 8.42 Å². The fourth-order valence-electron chi connectivity index (χ4n) is 4.73. The van der Waals surface area contributed by atoms with Crippen LogP contribution in [0, 0.1) is 0 Å². The maximum absolute atomic E-state index is 13.1. The standard InChI is InChI=1S/C22H25NO4S/c24-28(25,14-9-17-5-6-21-19(15-17)8-12-26-21)23-11-13-27-22(16-23)10-7-18-3-1-2-4-20(18)22/h1-6,15H,7-14,16H2. The highest BCUT2D eigenvalue weighted by Crippen LogP contribution is 2.42. The summed E-state index contributed by atoms with van der Waals surface area (Å²) in [5.74, 6) is 1.06. The molecule has 1 aliphatic carbocycles. The van der Waals surface area contributed by atoms with Crippen molar-refractivity contribution in [2.45, 2.75) is 31.3 Å². The van der Waals surface area contributed by atoms with E-state index in [0.29, 0.717) is 32.7 Å². The first-order valence-corrected chi connectivity index (χ1v) is 11.6. The number of aryl methyl sites for hydroxylation is 2. The Bertz CT molecular complexity index is 999. The molecule has 1 saturated heterocycles. The van der Waals surface area contributed by atoms with Crippen molar-refractivity contribution in [1.29, 1.82) is 0 Å². The van der Waals surface area contributed by atoms with Crippen LogP contribution in [0.2, 0.25) is 0 Å². The number of ether oxygens (including phenoxy) is 2. The smallest absolute Gasteiger partial charge is 0.214 e. The zero-order valence-electron chi connectivity index (χ0n) is 15.9. The SMILES string of the molecule is O=S(=O)(CCc1ccc2c(c1)CCO2)N1CCOC2(CCc3ccccc32)C1. The molecule has 0 N–H and O–H groups in total. The van der Waals surface area contributed by atoms with Crippen LogP contribution in [0.25, 0.3) is 0 Å². The molecule has 5 nitrogen and oxygen atoms in total. The van der Waals surface area contributed by atoms with Crippen LogP contribution in [0.4, 0.5) is 0 Å². The van der Waals surface area contributed by atoms with Gasteiger partial charge in [0.1, 0.15) is 11.4 Å². The third kappa shape index (κ3) is 3.13. The maximum atomic E-state index is 13.1. The van der Waals surface area contributed by atoms with Crippen LogP contribution in [0.3, 0.4) is 0 Å². The third-order valence-electron chi connectivity index (χ3n) is 6.25. The lowest BCUT2D eigenvalue weighted by Crippen LogP contribution is -2.51. The van der Waals surface area contributed by atoms with Gasteiger partial charge >= 0.3 is 0 Å². The molecule has 3 aliphatic rings. The van der Waals surface area contributed by atoms with Crippen LogP contribution >= 0.6 is 0 Å². The second-order valence-electron chi connectivity index (χ2n) is 7.94. The average Bonchev–Trinajstić information content (AvgIpc) is 3.32. The van der Waals surface area contributed by atoms with Crippen LogP contribution < -0.4 is 4.74 Å². The van der Waals surface area contributed by atoms with E-state index in [2.05, 4.69) is 18.2 Å². The first-order valence-electron chi connectivity index (χ1n) is 10.0. The lowest BCUT2D eigenvalue weighted by Gasteiger charge is -2.40. The number of rotatable bonds is 4. The van der Waals surface area contributed by atoms with E-state index in [4.69, 9.17) is 9.47 Å². The fraction of sp³-hybridized carbons (Fsp3) is 0.455. The van der Waals surface area contributed by atoms with Crippen molar-refractivity contribution in [1.82, 2.24) is 4.31 Å². The van der Waals surface area contributed by atoms with Gasteiger partial charge in [0.15, 0.2) is 0 Å². The Hall–Kier alpha value is -1.89. The summed E-state index contributed by atoms with van der Waals surface area (Å²) in [4.78, 5) is 0. The molecule has 0 radical (unpaired) electrons. The second-order valence-corrected chi connectivity index (χ2v) is 10.0. The highest BCUT2D eigenvalue weighted by molar-refractivity contribution is 7.89. The first kappa shape index (κ1) is 18.2. The van der Waals surface area contributed by atoms with Crippen LogP contribution in [-0.2, 0) is 39.6 Å². The number of morpholine rings is 1. The second kappa shape index (κ2) is 6.87. The van der Waals surface area contributed by atoms with E-state index in [1.165, 1.54) is 11.1 Å². The predicted molar refractivity (Wildman–Crippen MR) is 107 cm³/mol. The molecule has 2 heterocycles. The molecule has 148 valence electrons. The Labute approximate surface area is 166 Å². The molecule has 2 aliphatic heterocycles. The van der Waals surface area contributed by atoms with Crippen LogP contribution in [0.15, 0.2) is 42.5 Å². The minimum absolute atomic E-state index is 0.129. The first-order chi connectivity index (χ1) is 13.6. The topological polar surface area (TPSA) is 55.8 Å². The molecule has 0 amide bonds. The summed E-state index contributed by atoms with van der Waals surface area (Å²) < 4.78 is 39.5. The zero-order valence-corrected chi connectivity index (χ0v) is 16.7. The van der Waals surface area contributed by atoms with Gasteiger partial charge in [0.25, 0.3) is 0 Å². The van der Waals surface area contributed by atoms with Crippen molar-refractivity contribution in [2.24, 2.45) is 0 Å². The van der Waals surface area contributed by atoms with Crippen molar-refractivity contribution < 1.29 is 17.9 Å². The maximum Gasteiger partial charge on any atom is 0.214 e. The summed E-state index contributed by atoms with van der Waals surface area (Å²) in [6, 6.07) is 14.3. The summed E-state index contributed by atoms with van der Waals surface area (Å²) in [7, 11) is -3.34. The number of fused-ring (bicyclic) bond motifs is 3. The van der Waals surface area contributed by atoms with Gasteiger partial charge in [0, 0.05) is 19.5 Å². The Kier molecular flexibility index (Phi) is 4.45. The molecule has 6 heteroatoms. The highest BCUT2D eigenvalue weighted by Gasteiger charge is 2.45. The molecule has 2 aromatic rings. The number of sulfonamides is 1.